The number of nitrogens with zero attached hydrogens (tertiary/aromatic N) is 2. The molecule has 0 atom stereocenters. The van der Waals surface area contributed by atoms with E-state index >= 15 is 0 Å². The number of carbonyl (C=O) groups is 1. The van der Waals surface area contributed by atoms with Crippen molar-refractivity contribution in [1.82, 2.24) is 4.98 Å². The Balaban J connectivity index is 1.65. The minimum atomic E-state index is -3.55. The van der Waals surface area contributed by atoms with Crippen LogP contribution in [-0.2, 0) is 21.2 Å². The zero-order chi connectivity index (χ0) is 23.4. The number of anilines is 1. The molecule has 5 nitrogen and oxygen atoms in total. The maximum Gasteiger partial charge on any atom is 0.230 e. The van der Waals surface area contributed by atoms with Gasteiger partial charge in [0.25, 0.3) is 0 Å². The number of thiazole rings is 1. The summed E-state index contributed by atoms with van der Waals surface area (Å²) in [6, 6.07) is 24.0. The first kappa shape index (κ1) is 23.1. The average molecular weight is 479 g/mol. The molecule has 7 heteroatoms. The van der Waals surface area contributed by atoms with E-state index in [-0.39, 0.29) is 23.0 Å². The van der Waals surface area contributed by atoms with E-state index in [1.54, 1.807) is 35.2 Å². The summed E-state index contributed by atoms with van der Waals surface area (Å²) < 4.78 is 26.5. The molecule has 0 aliphatic rings. The second-order valence-corrected chi connectivity index (χ2v) is 11.3. The fourth-order valence-electron chi connectivity index (χ4n) is 3.67. The third-order valence-corrected chi connectivity index (χ3v) is 8.24. The van der Waals surface area contributed by atoms with Gasteiger partial charge in [0.1, 0.15) is 0 Å². The van der Waals surface area contributed by atoms with Crippen molar-refractivity contribution >= 4 is 42.4 Å². The quantitative estimate of drug-likeness (QED) is 0.320. The summed E-state index contributed by atoms with van der Waals surface area (Å²) in [5.74, 6) is -0.204. The van der Waals surface area contributed by atoms with E-state index < -0.39 is 9.84 Å². The molecule has 0 bridgehead atoms. The molecule has 0 spiro atoms. The molecule has 0 N–H and O–H groups in total. The predicted molar refractivity (Wildman–Crippen MR) is 134 cm³/mol. The number of fused-ring (bicyclic) bond motifs is 1. The standard InChI is InChI=1S/C26H26N2O3S2/c1-19(2)22-14-9-15-23-25(22)27-26(32-23)28(18-20-10-5-3-6-11-20)24(29)16-17-33(30,31)21-12-7-4-8-13-21/h3-15,19H,16-18H2,1-2H3. The third-order valence-electron chi connectivity index (χ3n) is 5.46. The second-order valence-electron chi connectivity index (χ2n) is 8.19. The molecule has 0 aliphatic heterocycles. The highest BCUT2D eigenvalue weighted by molar-refractivity contribution is 7.91. The fourth-order valence-corrected chi connectivity index (χ4v) is 5.94. The maximum absolute atomic E-state index is 13.3. The average Bonchev–Trinajstić information content (AvgIpc) is 3.26. The topological polar surface area (TPSA) is 67.3 Å². The Labute approximate surface area is 198 Å². The molecule has 33 heavy (non-hydrogen) atoms. The third kappa shape index (κ3) is 5.31. The van der Waals surface area contributed by atoms with Crippen molar-refractivity contribution in [2.75, 3.05) is 10.7 Å². The smallest absolute Gasteiger partial charge is 0.230 e. The Morgan fingerprint density at radius 1 is 0.939 bits per heavy atom. The van der Waals surface area contributed by atoms with Gasteiger partial charge in [-0.15, -0.1) is 0 Å². The van der Waals surface area contributed by atoms with E-state index in [0.29, 0.717) is 17.6 Å². The van der Waals surface area contributed by atoms with Crippen LogP contribution < -0.4 is 4.90 Å². The van der Waals surface area contributed by atoms with Gasteiger partial charge in [0, 0.05) is 6.42 Å². The van der Waals surface area contributed by atoms with Crippen LogP contribution >= 0.6 is 11.3 Å². The minimum absolute atomic E-state index is 0.114. The summed E-state index contributed by atoms with van der Waals surface area (Å²) in [7, 11) is -3.55. The summed E-state index contributed by atoms with van der Waals surface area (Å²) in [6.45, 7) is 4.58. The molecule has 3 aromatic carbocycles. The Kier molecular flexibility index (Phi) is 6.91. The van der Waals surface area contributed by atoms with Gasteiger partial charge in [0.15, 0.2) is 15.0 Å². The number of benzene rings is 3. The molecule has 1 amide bonds. The monoisotopic (exact) mass is 478 g/mol. The highest BCUT2D eigenvalue weighted by Gasteiger charge is 2.24. The summed E-state index contributed by atoms with van der Waals surface area (Å²) in [5.41, 5.74) is 2.99. The lowest BCUT2D eigenvalue weighted by Gasteiger charge is -2.20. The van der Waals surface area contributed by atoms with Crippen molar-refractivity contribution in [3.63, 3.8) is 0 Å². The molecule has 4 rings (SSSR count). The normalized spacial score (nSPS) is 11.7. The van der Waals surface area contributed by atoms with Crippen LogP contribution in [0.4, 0.5) is 5.13 Å². The molecule has 0 saturated carbocycles. The number of hydrogen-bond acceptors (Lipinski definition) is 5. The van der Waals surface area contributed by atoms with Crippen molar-refractivity contribution in [2.24, 2.45) is 0 Å². The number of amides is 1. The molecule has 1 aromatic heterocycles. The van der Waals surface area contributed by atoms with E-state index in [0.717, 1.165) is 21.3 Å². The van der Waals surface area contributed by atoms with E-state index in [9.17, 15) is 13.2 Å². The molecule has 4 aromatic rings. The van der Waals surface area contributed by atoms with Gasteiger partial charge in [-0.05, 0) is 35.2 Å². The Morgan fingerprint density at radius 2 is 1.61 bits per heavy atom. The summed E-state index contributed by atoms with van der Waals surface area (Å²) >= 11 is 1.46. The number of aromatic nitrogens is 1. The van der Waals surface area contributed by atoms with Crippen molar-refractivity contribution in [3.8, 4) is 0 Å². The van der Waals surface area contributed by atoms with Crippen LogP contribution in [0.5, 0.6) is 0 Å². The van der Waals surface area contributed by atoms with E-state index in [1.807, 2.05) is 42.5 Å². The van der Waals surface area contributed by atoms with Gasteiger partial charge >= 0.3 is 0 Å². The number of hydrogen-bond donors (Lipinski definition) is 0. The van der Waals surface area contributed by atoms with Gasteiger partial charge in [-0.1, -0.05) is 85.8 Å². The highest BCUT2D eigenvalue weighted by Crippen LogP contribution is 2.34. The lowest BCUT2D eigenvalue weighted by molar-refractivity contribution is -0.118. The van der Waals surface area contributed by atoms with Crippen molar-refractivity contribution in [3.05, 3.63) is 90.0 Å². The van der Waals surface area contributed by atoms with E-state index in [1.165, 1.54) is 11.3 Å². The van der Waals surface area contributed by atoms with Gasteiger partial charge in [-0.2, -0.15) is 0 Å². The SMILES string of the molecule is CC(C)c1cccc2sc(N(Cc3ccccc3)C(=O)CCS(=O)(=O)c3ccccc3)nc12. The van der Waals surface area contributed by atoms with Crippen molar-refractivity contribution in [1.29, 1.82) is 0 Å². The van der Waals surface area contributed by atoms with Gasteiger partial charge in [0.05, 0.1) is 27.4 Å². The molecule has 170 valence electrons. The van der Waals surface area contributed by atoms with Crippen molar-refractivity contribution in [2.45, 2.75) is 37.6 Å². The molecular weight excluding hydrogens is 452 g/mol. The molecule has 0 aliphatic carbocycles. The maximum atomic E-state index is 13.3. The summed E-state index contributed by atoms with van der Waals surface area (Å²) in [4.78, 5) is 20.0. The van der Waals surface area contributed by atoms with Crippen LogP contribution in [0.25, 0.3) is 10.2 Å². The van der Waals surface area contributed by atoms with Crippen LogP contribution in [0.1, 0.15) is 37.3 Å². The van der Waals surface area contributed by atoms with Gasteiger partial charge in [-0.25, -0.2) is 13.4 Å². The van der Waals surface area contributed by atoms with Crippen molar-refractivity contribution < 1.29 is 13.2 Å². The summed E-state index contributed by atoms with van der Waals surface area (Å²) in [6.07, 6.45) is -0.114. The molecule has 0 fully saturated rings. The lowest BCUT2D eigenvalue weighted by Crippen LogP contribution is -2.31. The number of sulfone groups is 1. The first-order valence-corrected chi connectivity index (χ1v) is 13.3. The summed E-state index contributed by atoms with van der Waals surface area (Å²) in [5, 5.41) is 0.587. The van der Waals surface area contributed by atoms with E-state index in [2.05, 4.69) is 19.9 Å². The van der Waals surface area contributed by atoms with Crippen LogP contribution in [0.3, 0.4) is 0 Å². The minimum Gasteiger partial charge on any atom is -0.284 e. The van der Waals surface area contributed by atoms with Crippen LogP contribution in [0, 0.1) is 0 Å². The molecule has 0 saturated heterocycles. The highest BCUT2D eigenvalue weighted by atomic mass is 32.2. The molecular formula is C26H26N2O3S2. The number of carbonyl (C=O) groups excluding carboxylic acids is 1. The first-order chi connectivity index (χ1) is 15.8. The molecule has 0 radical (unpaired) electrons. The molecule has 0 unspecified atom stereocenters. The first-order valence-electron chi connectivity index (χ1n) is 10.9. The Morgan fingerprint density at radius 3 is 2.27 bits per heavy atom. The van der Waals surface area contributed by atoms with E-state index in [4.69, 9.17) is 4.98 Å². The second kappa shape index (κ2) is 9.85. The van der Waals surface area contributed by atoms with Crippen LogP contribution in [0.2, 0.25) is 0 Å². The fraction of sp³-hybridized carbons (Fsp3) is 0.231. The zero-order valence-electron chi connectivity index (χ0n) is 18.6. The van der Waals surface area contributed by atoms with Gasteiger partial charge in [0.2, 0.25) is 5.91 Å². The zero-order valence-corrected chi connectivity index (χ0v) is 20.3. The number of para-hydroxylation sites is 1. The van der Waals surface area contributed by atoms with Crippen LogP contribution in [0.15, 0.2) is 83.8 Å². The largest absolute Gasteiger partial charge is 0.284 e. The van der Waals surface area contributed by atoms with Gasteiger partial charge in [-0.3, -0.25) is 9.69 Å². The predicted octanol–water partition coefficient (Wildman–Crippen LogP) is 5.82. The Bertz CT molecular complexity index is 1350. The van der Waals surface area contributed by atoms with Crippen LogP contribution in [-0.4, -0.2) is 25.1 Å². The molecule has 1 heterocycles. The number of rotatable bonds is 8. The lowest BCUT2D eigenvalue weighted by atomic mass is 10.0. The van der Waals surface area contributed by atoms with Gasteiger partial charge < -0.3 is 0 Å². The Hall–Kier alpha value is -3.03.